The van der Waals surface area contributed by atoms with Crippen LogP contribution in [-0.2, 0) is 6.54 Å². The molecule has 2 N–H and O–H groups in total. The van der Waals surface area contributed by atoms with E-state index in [1.165, 1.54) is 6.33 Å². The molecule has 2 aromatic heterocycles. The van der Waals surface area contributed by atoms with Gasteiger partial charge in [0, 0.05) is 15.9 Å². The molecule has 0 bridgehead atoms. The predicted octanol–water partition coefficient (Wildman–Crippen LogP) is 4.63. The lowest BCUT2D eigenvalue weighted by Crippen LogP contribution is -2.29. The number of hydrogen-bond acceptors (Lipinski definition) is 5. The number of hydrogen-bond donors (Lipinski definition) is 2. The van der Waals surface area contributed by atoms with Crippen LogP contribution in [0.1, 0.15) is 49.3 Å². The largest absolute Gasteiger partial charge is 0.382 e. The molecule has 0 radical (unpaired) electrons. The third kappa shape index (κ3) is 6.61. The number of rotatable bonds is 7. The first-order chi connectivity index (χ1) is 12.6. The van der Waals surface area contributed by atoms with Crippen LogP contribution in [0.2, 0.25) is 0 Å². The molecule has 0 saturated heterocycles. The van der Waals surface area contributed by atoms with Gasteiger partial charge in [-0.3, -0.25) is 4.68 Å². The van der Waals surface area contributed by atoms with Crippen molar-refractivity contribution in [2.24, 2.45) is 5.92 Å². The van der Waals surface area contributed by atoms with Crippen molar-refractivity contribution in [3.63, 3.8) is 0 Å². The van der Waals surface area contributed by atoms with E-state index in [4.69, 9.17) is 0 Å². The van der Waals surface area contributed by atoms with Crippen LogP contribution in [0.25, 0.3) is 0 Å². The highest BCUT2D eigenvalue weighted by Gasteiger charge is 2.30. The molecule has 0 aliphatic heterocycles. The Morgan fingerprint density at radius 1 is 1.27 bits per heavy atom. The van der Waals surface area contributed by atoms with E-state index in [9.17, 15) is 4.39 Å². The van der Waals surface area contributed by atoms with Crippen LogP contribution in [0, 0.1) is 5.92 Å². The minimum atomic E-state index is -0.964. The average Bonchev–Trinajstić information content (AvgIpc) is 3.17. The van der Waals surface area contributed by atoms with Crippen molar-refractivity contribution in [3.8, 4) is 0 Å². The fourth-order valence-corrected chi connectivity index (χ4v) is 3.00. The zero-order valence-electron chi connectivity index (χ0n) is 16.1. The Hall–Kier alpha value is -2.18. The number of anilines is 2. The zero-order chi connectivity index (χ0) is 18.8. The maximum atomic E-state index is 13.8. The van der Waals surface area contributed by atoms with E-state index in [-0.39, 0.29) is 2.85 Å². The van der Waals surface area contributed by atoms with E-state index in [1.807, 2.05) is 32.2 Å². The number of alkyl halides is 1. The molecular formula is C19H35FN6. The van der Waals surface area contributed by atoms with Gasteiger partial charge in [0.25, 0.3) is 0 Å². The summed E-state index contributed by atoms with van der Waals surface area (Å²) in [6, 6.07) is 3.98. The smallest absolute Gasteiger partial charge is 0.137 e. The van der Waals surface area contributed by atoms with Gasteiger partial charge in [0.15, 0.2) is 0 Å². The first-order valence-corrected chi connectivity index (χ1v) is 9.56. The normalized spacial score (nSPS) is 22.2. The van der Waals surface area contributed by atoms with Crippen LogP contribution >= 0.6 is 0 Å². The number of aromatic nitrogens is 4. The average molecular weight is 367 g/mol. The Bertz CT molecular complexity index is 612. The molecule has 1 fully saturated rings. The van der Waals surface area contributed by atoms with E-state index < -0.39 is 5.67 Å². The Morgan fingerprint density at radius 3 is 2.65 bits per heavy atom. The van der Waals surface area contributed by atoms with Gasteiger partial charge in [0.2, 0.25) is 0 Å². The zero-order valence-corrected chi connectivity index (χ0v) is 16.1. The molecule has 0 aromatic carbocycles. The number of nitrogens with one attached hydrogen (secondary N) is 2. The second kappa shape index (κ2) is 10.1. The van der Waals surface area contributed by atoms with E-state index in [0.29, 0.717) is 18.8 Å². The number of nitrogens with zero attached hydrogens (tertiary/aromatic N) is 4. The molecule has 26 heavy (non-hydrogen) atoms. The van der Waals surface area contributed by atoms with Gasteiger partial charge in [-0.25, -0.2) is 14.4 Å². The summed E-state index contributed by atoms with van der Waals surface area (Å²) < 4.78 is 15.6. The quantitative estimate of drug-likeness (QED) is 0.747. The molecule has 1 saturated carbocycles. The Labute approximate surface area is 158 Å². The van der Waals surface area contributed by atoms with Gasteiger partial charge >= 0.3 is 0 Å². The van der Waals surface area contributed by atoms with Crippen LogP contribution in [0.5, 0.6) is 0 Å². The second-order valence-corrected chi connectivity index (χ2v) is 6.76. The molecule has 148 valence electrons. The fraction of sp³-hybridized carbons (Fsp3) is 0.632. The van der Waals surface area contributed by atoms with Crippen LogP contribution in [-0.4, -0.2) is 38.5 Å². The lowest BCUT2D eigenvalue weighted by Gasteiger charge is -2.31. The van der Waals surface area contributed by atoms with Crippen molar-refractivity contribution >= 4 is 11.5 Å². The van der Waals surface area contributed by atoms with Gasteiger partial charge in [-0.15, -0.1) is 0 Å². The highest BCUT2D eigenvalue weighted by atomic mass is 19.1. The summed E-state index contributed by atoms with van der Waals surface area (Å²) in [5.74, 6) is 1.40. The Balaban J connectivity index is 0.00000177. The SMILES string of the molecule is CC.CC1(F)CCC(CNc2ccc(NCCn3cncn3)cn2)CC1.[HH].[HH]. The number of halogens is 1. The van der Waals surface area contributed by atoms with Crippen LogP contribution < -0.4 is 10.6 Å². The molecule has 1 aliphatic rings. The fourth-order valence-electron chi connectivity index (χ4n) is 3.00. The van der Waals surface area contributed by atoms with E-state index >= 15 is 0 Å². The van der Waals surface area contributed by atoms with Crippen molar-refractivity contribution in [1.82, 2.24) is 19.7 Å². The van der Waals surface area contributed by atoms with Crippen molar-refractivity contribution < 1.29 is 7.24 Å². The molecule has 0 atom stereocenters. The van der Waals surface area contributed by atoms with Crippen molar-refractivity contribution in [2.75, 3.05) is 23.7 Å². The standard InChI is InChI=1S/C17H25FN6.C2H6.2H2/c1-17(18)6-4-14(5-7-17)10-21-16-3-2-15(11-22-16)20-8-9-24-13-19-12-23-24;1-2;;/h2-3,11-14,20H,4-10H2,1H3,(H,21,22);1-2H3;2*1H. The molecule has 3 rings (SSSR count). The lowest BCUT2D eigenvalue weighted by atomic mass is 9.81. The third-order valence-electron chi connectivity index (χ3n) is 4.62. The van der Waals surface area contributed by atoms with Crippen LogP contribution in [0.15, 0.2) is 31.0 Å². The van der Waals surface area contributed by atoms with Crippen molar-refractivity contribution in [1.29, 1.82) is 0 Å². The second-order valence-electron chi connectivity index (χ2n) is 6.76. The highest BCUT2D eigenvalue weighted by molar-refractivity contribution is 5.47. The molecule has 2 heterocycles. The van der Waals surface area contributed by atoms with Crippen molar-refractivity contribution in [2.45, 2.75) is 58.7 Å². The molecule has 2 aromatic rings. The minimum absolute atomic E-state index is 0. The molecule has 6 nitrogen and oxygen atoms in total. The number of pyridine rings is 1. The van der Waals surface area contributed by atoms with E-state index in [2.05, 4.69) is 25.7 Å². The first kappa shape index (κ1) is 20.1. The highest BCUT2D eigenvalue weighted by Crippen LogP contribution is 2.34. The first-order valence-electron chi connectivity index (χ1n) is 9.56. The summed E-state index contributed by atoms with van der Waals surface area (Å²) in [6.45, 7) is 8.10. The summed E-state index contributed by atoms with van der Waals surface area (Å²) >= 11 is 0. The summed E-state index contributed by atoms with van der Waals surface area (Å²) in [5.41, 5.74) is 0.0143. The van der Waals surface area contributed by atoms with Gasteiger partial charge in [-0.2, -0.15) is 5.10 Å². The van der Waals surface area contributed by atoms with Gasteiger partial charge in [-0.1, -0.05) is 13.8 Å². The monoisotopic (exact) mass is 366 g/mol. The summed E-state index contributed by atoms with van der Waals surface area (Å²) in [6.07, 6.45) is 8.28. The molecule has 7 heteroatoms. The molecule has 0 spiro atoms. The summed E-state index contributed by atoms with van der Waals surface area (Å²) in [5, 5.41) is 10.7. The maximum absolute atomic E-state index is 13.8. The van der Waals surface area contributed by atoms with Crippen LogP contribution in [0.3, 0.4) is 0 Å². The third-order valence-corrected chi connectivity index (χ3v) is 4.62. The maximum Gasteiger partial charge on any atom is 0.137 e. The lowest BCUT2D eigenvalue weighted by molar-refractivity contribution is 0.106. The van der Waals surface area contributed by atoms with Crippen molar-refractivity contribution in [3.05, 3.63) is 31.0 Å². The molecule has 0 amide bonds. The van der Waals surface area contributed by atoms with E-state index in [1.54, 1.807) is 17.9 Å². The van der Waals surface area contributed by atoms with Gasteiger partial charge < -0.3 is 10.6 Å². The molecule has 1 aliphatic carbocycles. The van der Waals surface area contributed by atoms with Gasteiger partial charge in [0.1, 0.15) is 24.1 Å². The summed E-state index contributed by atoms with van der Waals surface area (Å²) in [4.78, 5) is 8.33. The molecular weight excluding hydrogens is 331 g/mol. The Morgan fingerprint density at radius 2 is 2.04 bits per heavy atom. The van der Waals surface area contributed by atoms with Crippen LogP contribution in [0.4, 0.5) is 15.9 Å². The van der Waals surface area contributed by atoms with E-state index in [0.717, 1.165) is 44.0 Å². The van der Waals surface area contributed by atoms with Gasteiger partial charge in [0.05, 0.1) is 18.4 Å². The molecule has 0 unspecified atom stereocenters. The summed E-state index contributed by atoms with van der Waals surface area (Å²) in [7, 11) is 0. The minimum Gasteiger partial charge on any atom is -0.382 e. The Kier molecular flexibility index (Phi) is 7.81. The topological polar surface area (TPSA) is 67.7 Å². The van der Waals surface area contributed by atoms with Gasteiger partial charge in [-0.05, 0) is 50.7 Å². The predicted molar refractivity (Wildman–Crippen MR) is 108 cm³/mol.